The average molecular weight is 907 g/mol. The number of unbranched alkanes of at least 4 members (excludes halogenated alkanes) is 26. The smallest absolute Gasteiger partial charge is 0.306 e. The van der Waals surface area contributed by atoms with E-state index in [0.717, 1.165) is 109 Å². The molecule has 0 rings (SSSR count). The highest BCUT2D eigenvalue weighted by Crippen LogP contribution is 2.15. The van der Waals surface area contributed by atoms with Gasteiger partial charge >= 0.3 is 17.9 Å². The summed E-state index contributed by atoms with van der Waals surface area (Å²) in [6, 6.07) is 0. The summed E-state index contributed by atoms with van der Waals surface area (Å²) >= 11 is 0. The predicted octanol–water partition coefficient (Wildman–Crippen LogP) is 18.2. The lowest BCUT2D eigenvalue weighted by Gasteiger charge is -2.18. The van der Waals surface area contributed by atoms with Crippen LogP contribution in [0.2, 0.25) is 0 Å². The number of rotatable bonds is 49. The first-order valence-electron chi connectivity index (χ1n) is 27.4. The van der Waals surface area contributed by atoms with Crippen LogP contribution in [0.4, 0.5) is 0 Å². The number of hydrogen-bond donors (Lipinski definition) is 0. The number of allylic oxidation sites excluding steroid dienone is 12. The molecule has 0 aromatic carbocycles. The second-order valence-corrected chi connectivity index (χ2v) is 18.1. The SMILES string of the molecule is CC/C=C\C/C=C\C/C=C\CCCCCCCC(=O)OC(COC(=O)CCCCCCC/C=C\CCCC)COC(=O)CCCCCCCCCCC/C=C\C/C=C\CCCCCCC. The summed E-state index contributed by atoms with van der Waals surface area (Å²) < 4.78 is 16.8. The minimum atomic E-state index is -0.789. The Hall–Kier alpha value is -3.15. The van der Waals surface area contributed by atoms with Crippen LogP contribution in [-0.4, -0.2) is 37.2 Å². The van der Waals surface area contributed by atoms with Gasteiger partial charge in [0, 0.05) is 19.3 Å². The van der Waals surface area contributed by atoms with Crippen LogP contribution in [0.15, 0.2) is 72.9 Å². The molecule has 0 aliphatic rings. The minimum absolute atomic E-state index is 0.0872. The van der Waals surface area contributed by atoms with Crippen LogP contribution < -0.4 is 0 Å². The summed E-state index contributed by atoms with van der Waals surface area (Å²) in [5.74, 6) is -0.915. The lowest BCUT2D eigenvalue weighted by atomic mass is 10.1. The van der Waals surface area contributed by atoms with E-state index in [1.807, 2.05) is 0 Å². The Balaban J connectivity index is 4.34. The van der Waals surface area contributed by atoms with Crippen LogP contribution in [0.1, 0.15) is 265 Å². The van der Waals surface area contributed by atoms with Gasteiger partial charge in [0.2, 0.25) is 0 Å². The van der Waals surface area contributed by atoms with Gasteiger partial charge in [-0.25, -0.2) is 0 Å². The van der Waals surface area contributed by atoms with E-state index in [9.17, 15) is 14.4 Å². The summed E-state index contributed by atoms with van der Waals surface area (Å²) in [6.07, 6.45) is 67.5. The predicted molar refractivity (Wildman–Crippen MR) is 279 cm³/mol. The van der Waals surface area contributed by atoms with Crippen molar-refractivity contribution in [3.8, 4) is 0 Å². The zero-order chi connectivity index (χ0) is 47.2. The fourth-order valence-electron chi connectivity index (χ4n) is 7.53. The zero-order valence-corrected chi connectivity index (χ0v) is 42.7. The van der Waals surface area contributed by atoms with Gasteiger partial charge < -0.3 is 14.2 Å². The second kappa shape index (κ2) is 53.5. The highest BCUT2D eigenvalue weighted by atomic mass is 16.6. The molecule has 0 aromatic rings. The van der Waals surface area contributed by atoms with Gasteiger partial charge in [0.1, 0.15) is 13.2 Å². The van der Waals surface area contributed by atoms with E-state index in [0.29, 0.717) is 19.3 Å². The van der Waals surface area contributed by atoms with E-state index in [4.69, 9.17) is 14.2 Å². The van der Waals surface area contributed by atoms with Gasteiger partial charge in [-0.1, -0.05) is 216 Å². The van der Waals surface area contributed by atoms with Crippen molar-refractivity contribution in [1.82, 2.24) is 0 Å². The summed E-state index contributed by atoms with van der Waals surface area (Å²) in [4.78, 5) is 38.0. The fraction of sp³-hybridized carbons (Fsp3) is 0.746. The molecule has 6 nitrogen and oxygen atoms in total. The van der Waals surface area contributed by atoms with E-state index in [1.165, 1.54) is 116 Å². The third-order valence-corrected chi connectivity index (χ3v) is 11.7. The van der Waals surface area contributed by atoms with Crippen molar-refractivity contribution >= 4 is 17.9 Å². The third-order valence-electron chi connectivity index (χ3n) is 11.7. The van der Waals surface area contributed by atoms with E-state index >= 15 is 0 Å². The molecule has 0 N–H and O–H groups in total. The maximum atomic E-state index is 12.8. The number of carbonyl (C=O) groups excluding carboxylic acids is 3. The Kier molecular flexibility index (Phi) is 50.9. The quantitative estimate of drug-likeness (QED) is 0.0262. The molecule has 0 aliphatic carbocycles. The van der Waals surface area contributed by atoms with Crippen molar-refractivity contribution in [2.24, 2.45) is 0 Å². The first-order chi connectivity index (χ1) is 32.0. The zero-order valence-electron chi connectivity index (χ0n) is 42.7. The highest BCUT2D eigenvalue weighted by Gasteiger charge is 2.19. The molecule has 0 aliphatic heterocycles. The molecule has 0 saturated carbocycles. The maximum Gasteiger partial charge on any atom is 0.306 e. The number of ether oxygens (including phenoxy) is 3. The van der Waals surface area contributed by atoms with Crippen molar-refractivity contribution in [1.29, 1.82) is 0 Å². The summed E-state index contributed by atoms with van der Waals surface area (Å²) in [5.41, 5.74) is 0. The molecule has 0 bridgehead atoms. The second-order valence-electron chi connectivity index (χ2n) is 18.1. The molecule has 65 heavy (non-hydrogen) atoms. The van der Waals surface area contributed by atoms with Crippen molar-refractivity contribution in [2.45, 2.75) is 271 Å². The highest BCUT2D eigenvalue weighted by molar-refractivity contribution is 5.71. The minimum Gasteiger partial charge on any atom is -0.462 e. The average Bonchev–Trinajstić information content (AvgIpc) is 3.30. The van der Waals surface area contributed by atoms with Gasteiger partial charge in [0.05, 0.1) is 0 Å². The Labute approximate surface area is 402 Å². The Morgan fingerprint density at radius 2 is 0.615 bits per heavy atom. The molecule has 1 unspecified atom stereocenters. The van der Waals surface area contributed by atoms with Crippen molar-refractivity contribution < 1.29 is 28.6 Å². The van der Waals surface area contributed by atoms with Crippen LogP contribution in [-0.2, 0) is 28.6 Å². The first-order valence-corrected chi connectivity index (χ1v) is 27.4. The molecular formula is C59H102O6. The van der Waals surface area contributed by atoms with Crippen LogP contribution in [0.25, 0.3) is 0 Å². The van der Waals surface area contributed by atoms with Gasteiger partial charge in [0.25, 0.3) is 0 Å². The van der Waals surface area contributed by atoms with Crippen molar-refractivity contribution in [2.75, 3.05) is 13.2 Å². The van der Waals surface area contributed by atoms with Gasteiger partial charge in [-0.3, -0.25) is 14.4 Å². The Morgan fingerprint density at radius 3 is 1.00 bits per heavy atom. The Morgan fingerprint density at radius 1 is 0.323 bits per heavy atom. The van der Waals surface area contributed by atoms with Crippen LogP contribution >= 0.6 is 0 Å². The molecule has 0 amide bonds. The molecule has 0 fully saturated rings. The van der Waals surface area contributed by atoms with Crippen LogP contribution in [0.3, 0.4) is 0 Å². The number of hydrogen-bond acceptors (Lipinski definition) is 6. The molecule has 1 atom stereocenters. The van der Waals surface area contributed by atoms with E-state index in [1.54, 1.807) is 0 Å². The van der Waals surface area contributed by atoms with Gasteiger partial charge in [-0.2, -0.15) is 0 Å². The maximum absolute atomic E-state index is 12.8. The largest absolute Gasteiger partial charge is 0.462 e. The standard InChI is InChI=1S/C59H102O6/c1-4-7-10-13-16-19-22-24-26-27-28-29-30-31-33-34-37-40-43-46-49-52-58(61)64-55-56(54-63-57(60)51-48-45-42-39-36-21-18-15-12-9-6-3)65-59(62)53-50-47-44-41-38-35-32-25-23-20-17-14-11-8-5-2/h8,11,15,17-18,20,22,24-25,27-28,32,56H,4-7,9-10,12-14,16,19,21,23,26,29-31,33-55H2,1-3H3/b11-8-,18-15-,20-17-,24-22-,28-27-,32-25-. The molecule has 6 heteroatoms. The van der Waals surface area contributed by atoms with E-state index in [2.05, 4.69) is 93.7 Å². The molecule has 0 heterocycles. The third kappa shape index (κ3) is 51.7. The van der Waals surface area contributed by atoms with Crippen LogP contribution in [0, 0.1) is 0 Å². The van der Waals surface area contributed by atoms with Gasteiger partial charge in [0.15, 0.2) is 6.10 Å². The normalized spacial score (nSPS) is 12.6. The van der Waals surface area contributed by atoms with Gasteiger partial charge in [-0.15, -0.1) is 0 Å². The molecule has 0 spiro atoms. The van der Waals surface area contributed by atoms with E-state index < -0.39 is 6.10 Å². The van der Waals surface area contributed by atoms with Crippen molar-refractivity contribution in [3.05, 3.63) is 72.9 Å². The van der Waals surface area contributed by atoms with Crippen molar-refractivity contribution in [3.63, 3.8) is 0 Å². The Bertz CT molecular complexity index is 1230. The first kappa shape index (κ1) is 61.9. The van der Waals surface area contributed by atoms with E-state index in [-0.39, 0.29) is 31.1 Å². The molecular weight excluding hydrogens is 805 g/mol. The lowest BCUT2D eigenvalue weighted by molar-refractivity contribution is -0.167. The van der Waals surface area contributed by atoms with Crippen LogP contribution in [0.5, 0.6) is 0 Å². The molecule has 0 aromatic heterocycles. The monoisotopic (exact) mass is 907 g/mol. The fourth-order valence-corrected chi connectivity index (χ4v) is 7.53. The number of carbonyl (C=O) groups is 3. The molecule has 374 valence electrons. The number of esters is 3. The molecule has 0 radical (unpaired) electrons. The summed E-state index contributed by atoms with van der Waals surface area (Å²) in [6.45, 7) is 6.46. The van der Waals surface area contributed by atoms with Gasteiger partial charge in [-0.05, 0) is 103 Å². The summed E-state index contributed by atoms with van der Waals surface area (Å²) in [7, 11) is 0. The summed E-state index contributed by atoms with van der Waals surface area (Å²) in [5, 5.41) is 0. The molecule has 0 saturated heterocycles. The lowest BCUT2D eigenvalue weighted by Crippen LogP contribution is -2.30. The topological polar surface area (TPSA) is 78.9 Å².